The third-order valence-electron chi connectivity index (χ3n) is 3.70. The summed E-state index contributed by atoms with van der Waals surface area (Å²) in [6.45, 7) is 2.06. The molecule has 0 aliphatic carbocycles. The van der Waals surface area contributed by atoms with Crippen LogP contribution in [0.2, 0.25) is 5.02 Å². The highest BCUT2D eigenvalue weighted by atomic mass is 35.5. The number of hydrogen-bond donors (Lipinski definition) is 1. The van der Waals surface area contributed by atoms with Gasteiger partial charge in [0.15, 0.2) is 0 Å². The van der Waals surface area contributed by atoms with Gasteiger partial charge in [-0.3, -0.25) is 4.79 Å². The van der Waals surface area contributed by atoms with E-state index in [0.717, 1.165) is 6.07 Å². The van der Waals surface area contributed by atoms with Gasteiger partial charge in [-0.15, -0.1) is 0 Å². The molecule has 122 valence electrons. The van der Waals surface area contributed by atoms with E-state index in [9.17, 15) is 17.6 Å². The summed E-state index contributed by atoms with van der Waals surface area (Å²) < 4.78 is 39.5. The number of benzene rings is 1. The predicted octanol–water partition coefficient (Wildman–Crippen LogP) is 2.35. The third-order valence-corrected chi connectivity index (χ3v) is 5.79. The molecular formula is C14H17ClFNO4S. The number of sulfonamides is 1. The largest absolute Gasteiger partial charge is 0.481 e. The van der Waals surface area contributed by atoms with Gasteiger partial charge in [-0.1, -0.05) is 24.6 Å². The van der Waals surface area contributed by atoms with Crippen LogP contribution in [-0.4, -0.2) is 36.9 Å². The van der Waals surface area contributed by atoms with Crippen LogP contribution in [0.3, 0.4) is 0 Å². The van der Waals surface area contributed by atoms with Crippen molar-refractivity contribution >= 4 is 27.6 Å². The van der Waals surface area contributed by atoms with Crippen molar-refractivity contribution in [3.8, 4) is 0 Å². The number of carbonyl (C=O) groups is 1. The summed E-state index contributed by atoms with van der Waals surface area (Å²) in [6, 6.07) is 3.84. The van der Waals surface area contributed by atoms with Crippen LogP contribution < -0.4 is 0 Å². The van der Waals surface area contributed by atoms with Crippen molar-refractivity contribution in [1.82, 2.24) is 4.31 Å². The lowest BCUT2D eigenvalue weighted by Crippen LogP contribution is -2.45. The second kappa shape index (κ2) is 6.52. The van der Waals surface area contributed by atoms with E-state index in [2.05, 4.69) is 0 Å². The summed E-state index contributed by atoms with van der Waals surface area (Å²) in [7, 11) is -3.71. The summed E-state index contributed by atoms with van der Waals surface area (Å²) in [6.07, 6.45) is 0.455. The maximum atomic E-state index is 13.4. The lowest BCUT2D eigenvalue weighted by Gasteiger charge is -2.33. The summed E-state index contributed by atoms with van der Waals surface area (Å²) in [5, 5.41) is 9.04. The van der Waals surface area contributed by atoms with Crippen LogP contribution >= 0.6 is 11.6 Å². The fraction of sp³-hybridized carbons (Fsp3) is 0.500. The molecule has 5 nitrogen and oxygen atoms in total. The first kappa shape index (κ1) is 17.2. The highest BCUT2D eigenvalue weighted by molar-refractivity contribution is 7.88. The van der Waals surface area contributed by atoms with Crippen molar-refractivity contribution in [2.45, 2.75) is 19.1 Å². The van der Waals surface area contributed by atoms with Crippen LogP contribution in [0.4, 0.5) is 4.39 Å². The smallest absolute Gasteiger partial charge is 0.307 e. The Balaban J connectivity index is 2.18. The molecule has 8 heteroatoms. The minimum atomic E-state index is -3.71. The summed E-state index contributed by atoms with van der Waals surface area (Å²) in [5.41, 5.74) is 0.284. The topological polar surface area (TPSA) is 74.7 Å². The fourth-order valence-electron chi connectivity index (χ4n) is 2.64. The van der Waals surface area contributed by atoms with Gasteiger partial charge in [0.25, 0.3) is 0 Å². The van der Waals surface area contributed by atoms with Gasteiger partial charge in [-0.2, -0.15) is 0 Å². The Morgan fingerprint density at radius 2 is 2.14 bits per heavy atom. The first-order valence-electron chi connectivity index (χ1n) is 6.83. The average molecular weight is 350 g/mol. The van der Waals surface area contributed by atoms with Crippen molar-refractivity contribution in [2.75, 3.05) is 13.1 Å². The predicted molar refractivity (Wildman–Crippen MR) is 80.5 cm³/mol. The number of rotatable bonds is 4. The SMILES string of the molecule is CC1CC(C(=O)O)CN(S(=O)(=O)Cc2ccc(Cl)c(F)c2)C1. The minimum Gasteiger partial charge on any atom is -0.481 e. The molecule has 0 amide bonds. The lowest BCUT2D eigenvalue weighted by molar-refractivity contribution is -0.143. The first-order chi connectivity index (χ1) is 10.2. The highest BCUT2D eigenvalue weighted by Gasteiger charge is 2.35. The second-order valence-corrected chi connectivity index (χ2v) is 8.07. The molecule has 0 radical (unpaired) electrons. The van der Waals surface area contributed by atoms with Gasteiger partial charge in [-0.25, -0.2) is 17.1 Å². The zero-order valence-electron chi connectivity index (χ0n) is 12.0. The highest BCUT2D eigenvalue weighted by Crippen LogP contribution is 2.26. The van der Waals surface area contributed by atoms with Crippen molar-refractivity contribution in [2.24, 2.45) is 11.8 Å². The van der Waals surface area contributed by atoms with E-state index < -0.39 is 27.7 Å². The molecule has 0 saturated carbocycles. The molecule has 1 saturated heterocycles. The Morgan fingerprint density at radius 1 is 1.45 bits per heavy atom. The van der Waals surface area contributed by atoms with E-state index in [-0.39, 0.29) is 35.3 Å². The van der Waals surface area contributed by atoms with Gasteiger partial charge >= 0.3 is 5.97 Å². The molecule has 2 unspecified atom stereocenters. The van der Waals surface area contributed by atoms with Crippen LogP contribution in [0.5, 0.6) is 0 Å². The Labute approximate surface area is 133 Å². The summed E-state index contributed by atoms with van der Waals surface area (Å²) >= 11 is 5.57. The molecule has 2 rings (SSSR count). The number of carboxylic acid groups (broad SMARTS) is 1. The maximum absolute atomic E-state index is 13.4. The summed E-state index contributed by atoms with van der Waals surface area (Å²) in [5.74, 6) is -2.79. The van der Waals surface area contributed by atoms with Gasteiger partial charge in [0.2, 0.25) is 10.0 Å². The van der Waals surface area contributed by atoms with Gasteiger partial charge in [0.05, 0.1) is 16.7 Å². The van der Waals surface area contributed by atoms with Gasteiger partial charge in [0, 0.05) is 13.1 Å². The first-order valence-corrected chi connectivity index (χ1v) is 8.82. The fourth-order valence-corrected chi connectivity index (χ4v) is 4.43. The van der Waals surface area contributed by atoms with E-state index in [4.69, 9.17) is 16.7 Å². The molecule has 0 aromatic heterocycles. The molecule has 1 heterocycles. The monoisotopic (exact) mass is 349 g/mol. The van der Waals surface area contributed by atoms with Gasteiger partial charge in [0.1, 0.15) is 5.82 Å². The van der Waals surface area contributed by atoms with Crippen LogP contribution in [0.15, 0.2) is 18.2 Å². The van der Waals surface area contributed by atoms with Crippen molar-refractivity contribution in [1.29, 1.82) is 0 Å². The lowest BCUT2D eigenvalue weighted by atomic mass is 9.92. The molecule has 0 bridgehead atoms. The number of halogens is 2. The van der Waals surface area contributed by atoms with Crippen LogP contribution in [-0.2, 0) is 20.6 Å². The van der Waals surface area contributed by atoms with E-state index in [1.54, 1.807) is 0 Å². The molecule has 1 N–H and O–H groups in total. The zero-order valence-corrected chi connectivity index (χ0v) is 13.6. The Morgan fingerprint density at radius 3 is 2.73 bits per heavy atom. The number of aliphatic carboxylic acids is 1. The standard InChI is InChI=1S/C14H17ClFNO4S/c1-9-4-11(14(18)19)7-17(6-9)22(20,21)8-10-2-3-12(15)13(16)5-10/h2-3,5,9,11H,4,6-8H2,1H3,(H,18,19). The van der Waals surface area contributed by atoms with E-state index >= 15 is 0 Å². The molecule has 1 aliphatic heterocycles. The molecule has 1 aromatic rings. The average Bonchev–Trinajstić information content (AvgIpc) is 2.42. The van der Waals surface area contributed by atoms with Crippen LogP contribution in [0, 0.1) is 17.7 Å². The number of hydrogen-bond acceptors (Lipinski definition) is 3. The molecule has 1 aromatic carbocycles. The Hall–Kier alpha value is -1.18. The minimum absolute atomic E-state index is 0.0356. The summed E-state index contributed by atoms with van der Waals surface area (Å²) in [4.78, 5) is 11.1. The Kier molecular flexibility index (Phi) is 5.09. The number of piperidine rings is 1. The van der Waals surface area contributed by atoms with Gasteiger partial charge in [-0.05, 0) is 30.0 Å². The second-order valence-electron chi connectivity index (χ2n) is 5.70. The normalized spacial score (nSPS) is 23.4. The number of carboxylic acids is 1. The molecular weight excluding hydrogens is 333 g/mol. The van der Waals surface area contributed by atoms with E-state index in [1.807, 2.05) is 6.92 Å². The quantitative estimate of drug-likeness (QED) is 0.905. The van der Waals surface area contributed by atoms with Gasteiger partial charge < -0.3 is 5.11 Å². The van der Waals surface area contributed by atoms with Crippen LogP contribution in [0.1, 0.15) is 18.9 Å². The van der Waals surface area contributed by atoms with E-state index in [1.165, 1.54) is 16.4 Å². The Bertz CT molecular complexity index is 679. The van der Waals surface area contributed by atoms with E-state index in [0.29, 0.717) is 6.42 Å². The van der Waals surface area contributed by atoms with Crippen molar-refractivity contribution < 1.29 is 22.7 Å². The number of nitrogens with zero attached hydrogens (tertiary/aromatic N) is 1. The third kappa shape index (κ3) is 3.97. The maximum Gasteiger partial charge on any atom is 0.307 e. The molecule has 0 spiro atoms. The zero-order chi connectivity index (χ0) is 16.5. The molecule has 1 fully saturated rings. The van der Waals surface area contributed by atoms with Crippen LogP contribution in [0.25, 0.3) is 0 Å². The van der Waals surface area contributed by atoms with Crippen molar-refractivity contribution in [3.05, 3.63) is 34.6 Å². The van der Waals surface area contributed by atoms with Crippen molar-refractivity contribution in [3.63, 3.8) is 0 Å². The molecule has 2 atom stereocenters. The molecule has 1 aliphatic rings. The molecule has 22 heavy (non-hydrogen) atoms.